The summed E-state index contributed by atoms with van der Waals surface area (Å²) in [5.41, 5.74) is -0.881. The second-order valence-electron chi connectivity index (χ2n) is 5.65. The molecule has 2 amide bonds. The number of nitrogens with one attached hydrogen (secondary N) is 2. The largest absolute Gasteiger partial charge is 0.302 e. The molecule has 0 aromatic rings. The zero-order valence-electron chi connectivity index (χ0n) is 11.6. The van der Waals surface area contributed by atoms with Crippen LogP contribution >= 0.6 is 12.2 Å². The van der Waals surface area contributed by atoms with Crippen LogP contribution in [0.5, 0.6) is 0 Å². The summed E-state index contributed by atoms with van der Waals surface area (Å²) in [6, 6.07) is 0. The second kappa shape index (κ2) is 5.57. The predicted octanol–water partition coefficient (Wildman–Crippen LogP) is 2.13. The Kier molecular flexibility index (Phi) is 4.23. The van der Waals surface area contributed by atoms with Crippen LogP contribution in [0, 0.1) is 17.3 Å². The minimum Gasteiger partial charge on any atom is -0.302 e. The summed E-state index contributed by atoms with van der Waals surface area (Å²) in [6.07, 6.45) is 5.77. The fraction of sp³-hybridized carbons (Fsp3) is 0.786. The first-order valence-electron chi connectivity index (χ1n) is 7.24. The molecule has 1 spiro atoms. The molecule has 4 nitrogen and oxygen atoms in total. The predicted molar refractivity (Wildman–Crippen MR) is 77.3 cm³/mol. The van der Waals surface area contributed by atoms with Crippen LogP contribution in [0.4, 0.5) is 0 Å². The van der Waals surface area contributed by atoms with Crippen LogP contribution in [0.2, 0.25) is 0 Å². The van der Waals surface area contributed by atoms with Gasteiger partial charge in [0.25, 0.3) is 0 Å². The fourth-order valence-electron chi connectivity index (χ4n) is 3.92. The van der Waals surface area contributed by atoms with E-state index in [0.717, 1.165) is 38.5 Å². The van der Waals surface area contributed by atoms with E-state index in [2.05, 4.69) is 24.5 Å². The van der Waals surface area contributed by atoms with Gasteiger partial charge in [-0.25, -0.2) is 0 Å². The number of carbonyl (C=O) groups excluding carboxylic acids is 2. The second-order valence-corrected chi connectivity index (χ2v) is 6.06. The Hall–Kier alpha value is -0.970. The third-order valence-corrected chi connectivity index (χ3v) is 4.84. The summed E-state index contributed by atoms with van der Waals surface area (Å²) in [7, 11) is 0. The van der Waals surface area contributed by atoms with E-state index in [1.807, 2.05) is 0 Å². The van der Waals surface area contributed by atoms with Gasteiger partial charge in [0, 0.05) is 0 Å². The Bertz CT molecular complexity index is 372. The third-order valence-electron chi connectivity index (χ3n) is 4.63. The molecule has 2 rings (SSSR count). The number of hydrogen-bond donors (Lipinski definition) is 2. The Balaban J connectivity index is 2.39. The van der Waals surface area contributed by atoms with Crippen molar-refractivity contribution < 1.29 is 9.59 Å². The molecule has 19 heavy (non-hydrogen) atoms. The molecule has 2 unspecified atom stereocenters. The van der Waals surface area contributed by atoms with Crippen molar-refractivity contribution in [3.05, 3.63) is 0 Å². The molecule has 0 aromatic carbocycles. The summed E-state index contributed by atoms with van der Waals surface area (Å²) in [4.78, 5) is 25.1. The Morgan fingerprint density at radius 1 is 1.05 bits per heavy atom. The van der Waals surface area contributed by atoms with E-state index in [4.69, 9.17) is 12.2 Å². The van der Waals surface area contributed by atoms with Crippen LogP contribution in [0.15, 0.2) is 0 Å². The molecule has 2 N–H and O–H groups in total. The number of thiocarbonyl (C=S) groups is 1. The molecule has 106 valence electrons. The van der Waals surface area contributed by atoms with Crippen LogP contribution in [-0.2, 0) is 9.59 Å². The van der Waals surface area contributed by atoms with Gasteiger partial charge in [0.05, 0.1) is 0 Å². The van der Waals surface area contributed by atoms with Crippen molar-refractivity contribution in [1.82, 2.24) is 10.6 Å². The standard InChI is InChI=1S/C14H22N2O2S/c1-3-5-9-7-8-10(6-4-2)14(9)11(17)15-13(19)16-12(14)18/h9-10H,3-8H2,1-2H3,(H2,15,16,17,18,19). The smallest absolute Gasteiger partial charge is 0.242 e. The lowest BCUT2D eigenvalue weighted by molar-refractivity contribution is -0.150. The summed E-state index contributed by atoms with van der Waals surface area (Å²) >= 11 is 4.92. The Labute approximate surface area is 119 Å². The van der Waals surface area contributed by atoms with Crippen molar-refractivity contribution >= 4 is 29.1 Å². The number of amides is 2. The molecular formula is C14H22N2O2S. The van der Waals surface area contributed by atoms with Crippen molar-refractivity contribution in [2.45, 2.75) is 52.4 Å². The van der Waals surface area contributed by atoms with Gasteiger partial charge >= 0.3 is 0 Å². The van der Waals surface area contributed by atoms with E-state index in [9.17, 15) is 9.59 Å². The SMILES string of the molecule is CCCC1CCC(CCC)C12C(=O)NC(=S)NC2=O. The molecule has 1 saturated carbocycles. The number of rotatable bonds is 4. The van der Waals surface area contributed by atoms with E-state index >= 15 is 0 Å². The van der Waals surface area contributed by atoms with E-state index in [1.54, 1.807) is 0 Å². The van der Waals surface area contributed by atoms with Gasteiger partial charge in [0.2, 0.25) is 11.8 Å². The third kappa shape index (κ3) is 2.18. The quantitative estimate of drug-likeness (QED) is 0.613. The van der Waals surface area contributed by atoms with Gasteiger partial charge in [0.15, 0.2) is 5.11 Å². The normalized spacial score (nSPS) is 29.5. The maximum absolute atomic E-state index is 12.6. The van der Waals surface area contributed by atoms with Crippen LogP contribution in [-0.4, -0.2) is 16.9 Å². The zero-order chi connectivity index (χ0) is 14.0. The van der Waals surface area contributed by atoms with Crippen molar-refractivity contribution in [2.24, 2.45) is 17.3 Å². The van der Waals surface area contributed by atoms with E-state index in [1.165, 1.54) is 0 Å². The summed E-state index contributed by atoms with van der Waals surface area (Å²) < 4.78 is 0. The highest BCUT2D eigenvalue weighted by Crippen LogP contribution is 2.52. The summed E-state index contributed by atoms with van der Waals surface area (Å²) in [5, 5.41) is 5.51. The molecule has 5 heteroatoms. The van der Waals surface area contributed by atoms with Crippen LogP contribution < -0.4 is 10.6 Å². The lowest BCUT2D eigenvalue weighted by Crippen LogP contribution is -2.65. The minimum absolute atomic E-state index is 0.150. The van der Waals surface area contributed by atoms with Crippen LogP contribution in [0.1, 0.15) is 52.4 Å². The van der Waals surface area contributed by atoms with Gasteiger partial charge in [-0.1, -0.05) is 26.7 Å². The van der Waals surface area contributed by atoms with E-state index < -0.39 is 5.41 Å². The van der Waals surface area contributed by atoms with Gasteiger partial charge in [-0.15, -0.1) is 0 Å². The molecule has 1 saturated heterocycles. The molecule has 0 bridgehead atoms. The van der Waals surface area contributed by atoms with Crippen molar-refractivity contribution in [1.29, 1.82) is 0 Å². The summed E-state index contributed by atoms with van der Waals surface area (Å²) in [5.74, 6) is -0.0411. The first kappa shape index (κ1) is 14.4. The topological polar surface area (TPSA) is 58.2 Å². The monoisotopic (exact) mass is 282 g/mol. The van der Waals surface area contributed by atoms with Crippen molar-refractivity contribution in [3.63, 3.8) is 0 Å². The van der Waals surface area contributed by atoms with Crippen LogP contribution in [0.25, 0.3) is 0 Å². The lowest BCUT2D eigenvalue weighted by Gasteiger charge is -2.40. The Morgan fingerprint density at radius 3 is 1.84 bits per heavy atom. The molecule has 2 atom stereocenters. The molecule has 1 heterocycles. The minimum atomic E-state index is -0.881. The maximum atomic E-state index is 12.6. The van der Waals surface area contributed by atoms with Crippen molar-refractivity contribution in [2.75, 3.05) is 0 Å². The average Bonchev–Trinajstić information content (AvgIpc) is 2.68. The number of carbonyl (C=O) groups is 2. The molecular weight excluding hydrogens is 260 g/mol. The van der Waals surface area contributed by atoms with Crippen LogP contribution in [0.3, 0.4) is 0 Å². The molecule has 2 fully saturated rings. The first-order chi connectivity index (χ1) is 9.07. The van der Waals surface area contributed by atoms with Gasteiger partial charge in [0.1, 0.15) is 5.41 Å². The van der Waals surface area contributed by atoms with Gasteiger partial charge in [-0.2, -0.15) is 0 Å². The molecule has 1 aliphatic carbocycles. The first-order valence-corrected chi connectivity index (χ1v) is 7.65. The van der Waals surface area contributed by atoms with E-state index in [0.29, 0.717) is 0 Å². The van der Waals surface area contributed by atoms with Gasteiger partial charge in [-0.3, -0.25) is 9.59 Å². The van der Waals surface area contributed by atoms with Gasteiger partial charge < -0.3 is 10.6 Å². The highest BCUT2D eigenvalue weighted by Gasteiger charge is 2.61. The highest BCUT2D eigenvalue weighted by atomic mass is 32.1. The van der Waals surface area contributed by atoms with Crippen molar-refractivity contribution in [3.8, 4) is 0 Å². The van der Waals surface area contributed by atoms with E-state index in [-0.39, 0.29) is 28.8 Å². The molecule has 0 radical (unpaired) electrons. The summed E-state index contributed by atoms with van der Waals surface area (Å²) in [6.45, 7) is 4.20. The Morgan fingerprint density at radius 2 is 1.47 bits per heavy atom. The lowest BCUT2D eigenvalue weighted by atomic mass is 9.67. The zero-order valence-corrected chi connectivity index (χ0v) is 12.4. The molecule has 0 aromatic heterocycles. The number of hydrogen-bond acceptors (Lipinski definition) is 3. The fourth-order valence-corrected chi connectivity index (χ4v) is 4.11. The van der Waals surface area contributed by atoms with Gasteiger partial charge in [-0.05, 0) is 49.7 Å². The average molecular weight is 282 g/mol. The maximum Gasteiger partial charge on any atom is 0.242 e. The highest BCUT2D eigenvalue weighted by molar-refractivity contribution is 7.80. The molecule has 1 aliphatic heterocycles. The molecule has 2 aliphatic rings.